The van der Waals surface area contributed by atoms with E-state index >= 15 is 0 Å². The number of hydrogen-bond donors (Lipinski definition) is 1. The predicted octanol–water partition coefficient (Wildman–Crippen LogP) is 2.38. The molecule has 25 heavy (non-hydrogen) atoms. The first kappa shape index (κ1) is 17.2. The second kappa shape index (κ2) is 6.72. The molecule has 8 heteroatoms. The number of hydrogen-bond acceptors (Lipinski definition) is 4. The minimum Gasteiger partial charge on any atom is -0.478 e. The minimum atomic E-state index is -3.52. The van der Waals surface area contributed by atoms with E-state index in [-0.39, 0.29) is 18.7 Å². The van der Waals surface area contributed by atoms with Crippen molar-refractivity contribution in [3.05, 3.63) is 54.3 Å². The Bertz CT molecular complexity index is 901. The number of sulfonamides is 1. The number of fused-ring (bicyclic) bond motifs is 1. The monoisotopic (exact) mass is 364 g/mol. The molecule has 0 aliphatic carbocycles. The van der Waals surface area contributed by atoms with Gasteiger partial charge in [0.15, 0.2) is 6.10 Å². The lowest BCUT2D eigenvalue weighted by Crippen LogP contribution is -2.36. The number of benzene rings is 2. The molecule has 0 saturated heterocycles. The van der Waals surface area contributed by atoms with Crippen LogP contribution in [0.15, 0.2) is 48.5 Å². The number of ether oxygens (including phenoxy) is 1. The number of carbonyl (C=O) groups excluding carboxylic acids is 1. The fourth-order valence-electron chi connectivity index (χ4n) is 2.63. The van der Waals surface area contributed by atoms with E-state index < -0.39 is 27.9 Å². The lowest BCUT2D eigenvalue weighted by molar-refractivity contribution is -0.122. The Morgan fingerprint density at radius 1 is 1.20 bits per heavy atom. The van der Waals surface area contributed by atoms with Crippen LogP contribution in [0.3, 0.4) is 0 Å². The highest BCUT2D eigenvalue weighted by molar-refractivity contribution is 7.92. The average molecular weight is 364 g/mol. The van der Waals surface area contributed by atoms with Gasteiger partial charge in [0.05, 0.1) is 17.6 Å². The molecule has 3 rings (SSSR count). The molecule has 132 valence electrons. The molecule has 1 amide bonds. The maximum atomic E-state index is 13.7. The van der Waals surface area contributed by atoms with E-state index in [0.717, 1.165) is 6.26 Å². The van der Waals surface area contributed by atoms with Crippen LogP contribution in [0.1, 0.15) is 6.42 Å². The van der Waals surface area contributed by atoms with Gasteiger partial charge in [-0.15, -0.1) is 0 Å². The van der Waals surface area contributed by atoms with Crippen LogP contribution in [-0.4, -0.2) is 33.2 Å². The highest BCUT2D eigenvalue weighted by Gasteiger charge is 2.31. The summed E-state index contributed by atoms with van der Waals surface area (Å²) in [5.74, 6) is -0.794. The third-order valence-electron chi connectivity index (χ3n) is 3.82. The minimum absolute atomic E-state index is 0.0496. The van der Waals surface area contributed by atoms with Gasteiger partial charge in [0, 0.05) is 13.0 Å². The summed E-state index contributed by atoms with van der Waals surface area (Å²) in [5, 5.41) is 2.49. The van der Waals surface area contributed by atoms with E-state index in [4.69, 9.17) is 4.74 Å². The zero-order valence-electron chi connectivity index (χ0n) is 13.5. The summed E-state index contributed by atoms with van der Waals surface area (Å²) in [6.45, 7) is 0.0885. The molecule has 0 fully saturated rings. The van der Waals surface area contributed by atoms with Gasteiger partial charge in [0.25, 0.3) is 5.91 Å². The first-order chi connectivity index (χ1) is 11.9. The van der Waals surface area contributed by atoms with Crippen molar-refractivity contribution in [2.45, 2.75) is 12.5 Å². The summed E-state index contributed by atoms with van der Waals surface area (Å²) in [4.78, 5) is 12.5. The van der Waals surface area contributed by atoms with Crippen LogP contribution >= 0.6 is 0 Å². The van der Waals surface area contributed by atoms with Crippen molar-refractivity contribution in [2.24, 2.45) is 0 Å². The van der Waals surface area contributed by atoms with E-state index in [1.165, 1.54) is 22.5 Å². The number of nitrogens with zero attached hydrogens (tertiary/aromatic N) is 1. The molecule has 0 radical (unpaired) electrons. The predicted molar refractivity (Wildman–Crippen MR) is 92.7 cm³/mol. The van der Waals surface area contributed by atoms with Gasteiger partial charge in [-0.2, -0.15) is 0 Å². The number of anilines is 2. The topological polar surface area (TPSA) is 75.7 Å². The molecule has 6 nitrogen and oxygen atoms in total. The van der Waals surface area contributed by atoms with Crippen LogP contribution in [0, 0.1) is 5.82 Å². The molecule has 0 aromatic heterocycles. The Labute approximate surface area is 145 Å². The van der Waals surface area contributed by atoms with Crippen LogP contribution in [0.2, 0.25) is 0 Å². The highest BCUT2D eigenvalue weighted by atomic mass is 32.2. The van der Waals surface area contributed by atoms with Gasteiger partial charge in [-0.1, -0.05) is 24.3 Å². The van der Waals surface area contributed by atoms with E-state index in [0.29, 0.717) is 11.4 Å². The van der Waals surface area contributed by atoms with Crippen LogP contribution in [-0.2, 0) is 14.8 Å². The first-order valence-corrected chi connectivity index (χ1v) is 9.50. The number of carbonyl (C=O) groups is 1. The fourth-order valence-corrected chi connectivity index (χ4v) is 3.58. The van der Waals surface area contributed by atoms with E-state index in [1.807, 2.05) is 0 Å². The van der Waals surface area contributed by atoms with Crippen LogP contribution in [0.4, 0.5) is 15.8 Å². The van der Waals surface area contributed by atoms with Crippen molar-refractivity contribution < 1.29 is 22.3 Å². The Hall–Kier alpha value is -2.61. The molecule has 1 atom stereocenters. The lowest BCUT2D eigenvalue weighted by atomic mass is 10.2. The van der Waals surface area contributed by atoms with Gasteiger partial charge in [-0.25, -0.2) is 12.8 Å². The van der Waals surface area contributed by atoms with Crippen molar-refractivity contribution in [1.82, 2.24) is 0 Å². The normalized spacial score (nSPS) is 17.2. The van der Waals surface area contributed by atoms with Crippen LogP contribution in [0.25, 0.3) is 0 Å². The third-order valence-corrected chi connectivity index (χ3v) is 5.00. The van der Waals surface area contributed by atoms with E-state index in [1.54, 1.807) is 30.3 Å². The van der Waals surface area contributed by atoms with Gasteiger partial charge in [-0.3, -0.25) is 9.10 Å². The smallest absolute Gasteiger partial charge is 0.265 e. The van der Waals surface area contributed by atoms with Gasteiger partial charge in [0.1, 0.15) is 11.6 Å². The van der Waals surface area contributed by atoms with Crippen molar-refractivity contribution >= 4 is 27.3 Å². The van der Waals surface area contributed by atoms with Crippen LogP contribution < -0.4 is 14.4 Å². The zero-order chi connectivity index (χ0) is 18.0. The molecular formula is C17H17FN2O4S. The largest absolute Gasteiger partial charge is 0.478 e. The number of amides is 1. The van der Waals surface area contributed by atoms with Gasteiger partial charge in [0.2, 0.25) is 10.0 Å². The highest BCUT2D eigenvalue weighted by Crippen LogP contribution is 2.34. The molecule has 0 spiro atoms. The molecule has 1 N–H and O–H groups in total. The number of rotatable bonds is 3. The van der Waals surface area contributed by atoms with E-state index in [2.05, 4.69) is 5.32 Å². The lowest BCUT2D eigenvalue weighted by Gasteiger charge is -2.20. The molecule has 0 saturated carbocycles. The average Bonchev–Trinajstić information content (AvgIpc) is 2.76. The maximum Gasteiger partial charge on any atom is 0.265 e. The third kappa shape index (κ3) is 3.74. The molecular weight excluding hydrogens is 347 g/mol. The Balaban J connectivity index is 1.86. The molecule has 1 aliphatic rings. The standard InChI is InChI=1S/C17H17FN2O4S/c1-25(22,23)20-11-10-16(24-15-9-5-4-8-14(15)20)17(21)19-13-7-3-2-6-12(13)18/h2-9,16H,10-11H2,1H3,(H,19,21)/t16-/m1/s1. The maximum absolute atomic E-state index is 13.7. The zero-order valence-corrected chi connectivity index (χ0v) is 14.3. The van der Waals surface area contributed by atoms with Crippen molar-refractivity contribution in [3.63, 3.8) is 0 Å². The number of halogens is 1. The Kier molecular flexibility index (Phi) is 4.63. The van der Waals surface area contributed by atoms with Crippen molar-refractivity contribution in [1.29, 1.82) is 0 Å². The van der Waals surface area contributed by atoms with E-state index in [9.17, 15) is 17.6 Å². The SMILES string of the molecule is CS(=O)(=O)N1CC[C@H](C(=O)Nc2ccccc2F)Oc2ccccc21. The molecule has 0 bridgehead atoms. The van der Waals surface area contributed by atoms with Crippen molar-refractivity contribution in [2.75, 3.05) is 22.4 Å². The summed E-state index contributed by atoms with van der Waals surface area (Å²) in [5.41, 5.74) is 0.430. The molecule has 2 aromatic carbocycles. The van der Waals surface area contributed by atoms with Crippen LogP contribution in [0.5, 0.6) is 5.75 Å². The Morgan fingerprint density at radius 2 is 1.88 bits per heavy atom. The number of para-hydroxylation sites is 3. The summed E-state index contributed by atoms with van der Waals surface area (Å²) >= 11 is 0. The van der Waals surface area contributed by atoms with Gasteiger partial charge >= 0.3 is 0 Å². The van der Waals surface area contributed by atoms with Crippen molar-refractivity contribution in [3.8, 4) is 5.75 Å². The van der Waals surface area contributed by atoms with Gasteiger partial charge < -0.3 is 10.1 Å². The van der Waals surface area contributed by atoms with Gasteiger partial charge in [-0.05, 0) is 24.3 Å². The molecule has 2 aromatic rings. The summed E-state index contributed by atoms with van der Waals surface area (Å²) < 4.78 is 44.7. The summed E-state index contributed by atoms with van der Waals surface area (Å²) in [6.07, 6.45) is 0.304. The quantitative estimate of drug-likeness (QED) is 0.907. The molecule has 0 unspecified atom stereocenters. The summed E-state index contributed by atoms with van der Waals surface area (Å²) in [7, 11) is -3.52. The summed E-state index contributed by atoms with van der Waals surface area (Å²) in [6, 6.07) is 12.4. The fraction of sp³-hybridized carbons (Fsp3) is 0.235. The second-order valence-electron chi connectivity index (χ2n) is 5.67. The second-order valence-corrected chi connectivity index (χ2v) is 7.57. The first-order valence-electron chi connectivity index (χ1n) is 7.65. The number of nitrogens with one attached hydrogen (secondary N) is 1. The Morgan fingerprint density at radius 3 is 2.60 bits per heavy atom. The molecule has 1 aliphatic heterocycles. The molecule has 1 heterocycles.